The Morgan fingerprint density at radius 1 is 1.24 bits per heavy atom. The number of benzene rings is 1. The lowest BCUT2D eigenvalue weighted by molar-refractivity contribution is 0.0973. The van der Waals surface area contributed by atoms with Crippen molar-refractivity contribution in [3.63, 3.8) is 0 Å². The third-order valence-corrected chi connectivity index (χ3v) is 5.85. The number of Topliss-reactive ketones (excluding diaryl/α,β-unsaturated/α-hetero) is 1. The summed E-state index contributed by atoms with van der Waals surface area (Å²) in [5.74, 6) is 0.0707. The van der Waals surface area contributed by atoms with Crippen molar-refractivity contribution in [3.8, 4) is 0 Å². The van der Waals surface area contributed by atoms with Crippen LogP contribution in [-0.2, 0) is 6.54 Å². The first kappa shape index (κ1) is 14.9. The molecule has 3 rings (SSSR count). The minimum atomic E-state index is 0.0707. The van der Waals surface area contributed by atoms with Gasteiger partial charge >= 0.3 is 0 Å². The molecule has 0 radical (unpaired) electrons. The molecule has 0 aliphatic heterocycles. The molecule has 0 amide bonds. The van der Waals surface area contributed by atoms with E-state index in [0.29, 0.717) is 12.1 Å². The van der Waals surface area contributed by atoms with E-state index in [0.717, 1.165) is 18.6 Å². The highest BCUT2D eigenvalue weighted by molar-refractivity contribution is 9.12. The SMILES string of the molecule is Cc1cc2ncn(CC(=O)c3cc(Br)sc3Br)c2cc1C. The normalized spacial score (nSPS) is 11.2. The first-order chi connectivity index (χ1) is 9.95. The molecule has 0 bridgehead atoms. The van der Waals surface area contributed by atoms with Crippen molar-refractivity contribution in [1.82, 2.24) is 9.55 Å². The number of carbonyl (C=O) groups is 1. The van der Waals surface area contributed by atoms with Gasteiger partial charge in [-0.05, 0) is 75.0 Å². The first-order valence-corrected chi connectivity index (χ1v) is 8.76. The number of halogens is 2. The van der Waals surface area contributed by atoms with Crippen LogP contribution in [0.25, 0.3) is 11.0 Å². The smallest absolute Gasteiger partial charge is 0.184 e. The van der Waals surface area contributed by atoms with Gasteiger partial charge in [0.15, 0.2) is 5.78 Å². The predicted octanol–water partition coefficient (Wildman–Crippen LogP) is 5.12. The van der Waals surface area contributed by atoms with Crippen molar-refractivity contribution in [2.45, 2.75) is 20.4 Å². The van der Waals surface area contributed by atoms with Crippen molar-refractivity contribution in [2.75, 3.05) is 0 Å². The quantitative estimate of drug-likeness (QED) is 0.543. The number of nitrogens with zero attached hydrogens (tertiary/aromatic N) is 2. The molecule has 2 heterocycles. The van der Waals surface area contributed by atoms with E-state index in [1.54, 1.807) is 6.33 Å². The van der Waals surface area contributed by atoms with Crippen LogP contribution in [0, 0.1) is 13.8 Å². The Bertz CT molecular complexity index is 851. The molecule has 0 saturated carbocycles. The molecule has 108 valence electrons. The first-order valence-electron chi connectivity index (χ1n) is 6.36. The van der Waals surface area contributed by atoms with E-state index >= 15 is 0 Å². The third-order valence-electron chi connectivity index (χ3n) is 3.51. The molecule has 0 unspecified atom stereocenters. The van der Waals surface area contributed by atoms with Crippen LogP contribution in [-0.4, -0.2) is 15.3 Å². The van der Waals surface area contributed by atoms with Crippen molar-refractivity contribution in [1.29, 1.82) is 0 Å². The highest BCUT2D eigenvalue weighted by Crippen LogP contribution is 2.32. The number of fused-ring (bicyclic) bond motifs is 1. The summed E-state index contributed by atoms with van der Waals surface area (Å²) in [6.45, 7) is 4.43. The fourth-order valence-corrected chi connectivity index (χ4v) is 5.07. The van der Waals surface area contributed by atoms with Crippen LogP contribution in [0.3, 0.4) is 0 Å². The summed E-state index contributed by atoms with van der Waals surface area (Å²) in [7, 11) is 0. The molecular formula is C15H12Br2N2OS. The molecule has 21 heavy (non-hydrogen) atoms. The van der Waals surface area contributed by atoms with Gasteiger partial charge in [0.2, 0.25) is 0 Å². The van der Waals surface area contributed by atoms with Crippen molar-refractivity contribution < 1.29 is 4.79 Å². The molecule has 0 aliphatic rings. The third kappa shape index (κ3) is 2.84. The number of hydrogen-bond acceptors (Lipinski definition) is 3. The van der Waals surface area contributed by atoms with Crippen LogP contribution in [0.15, 0.2) is 32.1 Å². The summed E-state index contributed by atoms with van der Waals surface area (Å²) < 4.78 is 3.71. The average Bonchev–Trinajstić information content (AvgIpc) is 2.94. The van der Waals surface area contributed by atoms with Crippen molar-refractivity contribution in [2.24, 2.45) is 0 Å². The standard InChI is InChI=1S/C15H12Br2N2OS/c1-8-3-11-12(4-9(8)2)19(7-18-11)6-13(20)10-5-14(16)21-15(10)17/h3-5,7H,6H2,1-2H3. The molecule has 0 saturated heterocycles. The minimum Gasteiger partial charge on any atom is -0.323 e. The fraction of sp³-hybridized carbons (Fsp3) is 0.200. The fourth-order valence-electron chi connectivity index (χ4n) is 2.21. The number of carbonyl (C=O) groups excluding carboxylic acids is 1. The highest BCUT2D eigenvalue weighted by Gasteiger charge is 2.15. The lowest BCUT2D eigenvalue weighted by Gasteiger charge is -2.05. The Morgan fingerprint density at radius 3 is 2.62 bits per heavy atom. The summed E-state index contributed by atoms with van der Waals surface area (Å²) in [5, 5.41) is 0. The summed E-state index contributed by atoms with van der Waals surface area (Å²) in [5.41, 5.74) is 5.05. The maximum absolute atomic E-state index is 12.4. The number of hydrogen-bond donors (Lipinski definition) is 0. The van der Waals surface area contributed by atoms with E-state index in [2.05, 4.69) is 62.8 Å². The lowest BCUT2D eigenvalue weighted by atomic mass is 10.1. The zero-order chi connectivity index (χ0) is 15.1. The zero-order valence-electron chi connectivity index (χ0n) is 11.5. The predicted molar refractivity (Wildman–Crippen MR) is 93.3 cm³/mol. The Hall–Kier alpha value is -0.980. The molecule has 0 fully saturated rings. The molecule has 0 atom stereocenters. The van der Waals surface area contributed by atoms with Gasteiger partial charge < -0.3 is 4.57 Å². The lowest BCUT2D eigenvalue weighted by Crippen LogP contribution is -2.09. The van der Waals surface area contributed by atoms with Crippen LogP contribution in [0.5, 0.6) is 0 Å². The van der Waals surface area contributed by atoms with Gasteiger partial charge in [0, 0.05) is 5.56 Å². The second kappa shape index (κ2) is 5.66. The molecule has 1 aromatic carbocycles. The van der Waals surface area contributed by atoms with Crippen LogP contribution < -0.4 is 0 Å². The number of rotatable bonds is 3. The van der Waals surface area contributed by atoms with E-state index < -0.39 is 0 Å². The summed E-state index contributed by atoms with van der Waals surface area (Å²) in [6.07, 6.45) is 1.73. The topological polar surface area (TPSA) is 34.9 Å². The molecular weight excluding hydrogens is 416 g/mol. The van der Waals surface area contributed by atoms with E-state index in [1.807, 2.05) is 10.6 Å². The van der Waals surface area contributed by atoms with Gasteiger partial charge in [-0.3, -0.25) is 4.79 Å². The number of thiophene rings is 1. The maximum atomic E-state index is 12.4. The minimum absolute atomic E-state index is 0.0707. The van der Waals surface area contributed by atoms with Gasteiger partial charge in [0.05, 0.1) is 31.5 Å². The van der Waals surface area contributed by atoms with Gasteiger partial charge in [0.25, 0.3) is 0 Å². The van der Waals surface area contributed by atoms with Crippen LogP contribution in [0.1, 0.15) is 21.5 Å². The molecule has 0 N–H and O–H groups in total. The number of aryl methyl sites for hydroxylation is 2. The molecule has 3 nitrogen and oxygen atoms in total. The molecule has 3 aromatic rings. The Kier molecular flexibility index (Phi) is 4.03. The average molecular weight is 428 g/mol. The van der Waals surface area contributed by atoms with E-state index in [9.17, 15) is 4.79 Å². The number of imidazole rings is 1. The summed E-state index contributed by atoms with van der Waals surface area (Å²) in [4.78, 5) is 16.8. The van der Waals surface area contributed by atoms with Gasteiger partial charge in [-0.15, -0.1) is 11.3 Å². The molecule has 6 heteroatoms. The van der Waals surface area contributed by atoms with Crippen LogP contribution in [0.2, 0.25) is 0 Å². The Balaban J connectivity index is 1.97. The molecule has 0 aliphatic carbocycles. The Labute approximate surface area is 143 Å². The van der Waals surface area contributed by atoms with E-state index in [-0.39, 0.29) is 5.78 Å². The molecule has 0 spiro atoms. The molecule has 2 aromatic heterocycles. The van der Waals surface area contributed by atoms with Crippen LogP contribution >= 0.6 is 43.2 Å². The zero-order valence-corrected chi connectivity index (χ0v) is 15.5. The monoisotopic (exact) mass is 426 g/mol. The van der Waals surface area contributed by atoms with E-state index in [1.165, 1.54) is 22.5 Å². The van der Waals surface area contributed by atoms with Gasteiger partial charge in [-0.25, -0.2) is 4.98 Å². The largest absolute Gasteiger partial charge is 0.323 e. The van der Waals surface area contributed by atoms with Gasteiger partial charge in [-0.1, -0.05) is 0 Å². The maximum Gasteiger partial charge on any atom is 0.184 e. The Morgan fingerprint density at radius 2 is 1.95 bits per heavy atom. The number of ketones is 1. The van der Waals surface area contributed by atoms with Crippen molar-refractivity contribution >= 4 is 60.0 Å². The van der Waals surface area contributed by atoms with Crippen LogP contribution in [0.4, 0.5) is 0 Å². The number of aromatic nitrogens is 2. The van der Waals surface area contributed by atoms with Crippen molar-refractivity contribution in [3.05, 3.63) is 48.8 Å². The van der Waals surface area contributed by atoms with Gasteiger partial charge in [-0.2, -0.15) is 0 Å². The second-order valence-electron chi connectivity index (χ2n) is 4.96. The second-order valence-corrected chi connectivity index (χ2v) is 8.71. The van der Waals surface area contributed by atoms with E-state index in [4.69, 9.17) is 0 Å². The summed E-state index contributed by atoms with van der Waals surface area (Å²) >= 11 is 8.34. The highest BCUT2D eigenvalue weighted by atomic mass is 79.9. The van der Waals surface area contributed by atoms with Gasteiger partial charge in [0.1, 0.15) is 0 Å². The summed E-state index contributed by atoms with van der Waals surface area (Å²) in [6, 6.07) is 6.00.